The van der Waals surface area contributed by atoms with Gasteiger partial charge < -0.3 is 15.7 Å². The highest BCUT2D eigenvalue weighted by Gasteiger charge is 2.21. The van der Waals surface area contributed by atoms with Crippen LogP contribution in [0.15, 0.2) is 24.3 Å². The fraction of sp³-hybridized carbons (Fsp3) is 0.500. The summed E-state index contributed by atoms with van der Waals surface area (Å²) in [4.78, 5) is 11.9. The molecule has 2 atom stereocenters. The number of amides is 1. The van der Waals surface area contributed by atoms with E-state index in [4.69, 9.17) is 0 Å². The molecule has 1 fully saturated rings. The minimum absolute atomic E-state index is 0.0275. The van der Waals surface area contributed by atoms with E-state index in [2.05, 4.69) is 17.6 Å². The fourth-order valence-electron chi connectivity index (χ4n) is 2.35. The van der Waals surface area contributed by atoms with E-state index >= 15 is 0 Å². The summed E-state index contributed by atoms with van der Waals surface area (Å²) in [5, 5.41) is 15.9. The van der Waals surface area contributed by atoms with Gasteiger partial charge in [-0.25, -0.2) is 0 Å². The first-order valence-corrected chi connectivity index (χ1v) is 6.48. The van der Waals surface area contributed by atoms with E-state index in [1.165, 1.54) is 18.9 Å². The van der Waals surface area contributed by atoms with Gasteiger partial charge in [0.25, 0.3) is 5.91 Å². The van der Waals surface area contributed by atoms with Crippen LogP contribution in [-0.2, 0) is 0 Å². The lowest BCUT2D eigenvalue weighted by atomic mass is 9.93. The van der Waals surface area contributed by atoms with E-state index < -0.39 is 0 Å². The Bertz CT molecular complexity index is 420. The van der Waals surface area contributed by atoms with E-state index in [0.717, 1.165) is 6.54 Å². The van der Waals surface area contributed by atoms with Crippen molar-refractivity contribution in [2.24, 2.45) is 5.92 Å². The number of hydrogen-bond donors (Lipinski definition) is 3. The van der Waals surface area contributed by atoms with Crippen LogP contribution in [0.5, 0.6) is 5.75 Å². The number of nitrogens with one attached hydrogen (secondary N) is 2. The first-order chi connectivity index (χ1) is 8.68. The molecule has 4 nitrogen and oxygen atoms in total. The van der Waals surface area contributed by atoms with Crippen molar-refractivity contribution in [3.8, 4) is 5.75 Å². The van der Waals surface area contributed by atoms with Gasteiger partial charge in [0.05, 0.1) is 5.56 Å². The predicted molar refractivity (Wildman–Crippen MR) is 70.6 cm³/mol. The molecule has 0 bridgehead atoms. The van der Waals surface area contributed by atoms with Crippen molar-refractivity contribution in [2.75, 3.05) is 13.1 Å². The molecule has 1 saturated heterocycles. The van der Waals surface area contributed by atoms with Gasteiger partial charge >= 0.3 is 0 Å². The van der Waals surface area contributed by atoms with E-state index in [1.54, 1.807) is 18.2 Å². The van der Waals surface area contributed by atoms with Crippen molar-refractivity contribution in [3.05, 3.63) is 29.8 Å². The van der Waals surface area contributed by atoms with Crippen LogP contribution in [0.1, 0.15) is 30.1 Å². The van der Waals surface area contributed by atoms with E-state index in [-0.39, 0.29) is 11.7 Å². The highest BCUT2D eigenvalue weighted by molar-refractivity contribution is 5.96. The molecular formula is C14H20N2O2. The van der Waals surface area contributed by atoms with Gasteiger partial charge in [0.2, 0.25) is 0 Å². The molecule has 1 aliphatic rings. The summed E-state index contributed by atoms with van der Waals surface area (Å²) in [6.07, 6.45) is 2.40. The number of hydrogen-bond acceptors (Lipinski definition) is 3. The summed E-state index contributed by atoms with van der Waals surface area (Å²) >= 11 is 0. The number of phenolic OH excluding ortho intramolecular Hbond substituents is 1. The molecule has 0 spiro atoms. The Morgan fingerprint density at radius 2 is 2.28 bits per heavy atom. The molecule has 0 aromatic heterocycles. The van der Waals surface area contributed by atoms with Crippen LogP contribution in [0.25, 0.3) is 0 Å². The van der Waals surface area contributed by atoms with Crippen LogP contribution < -0.4 is 10.6 Å². The number of phenols is 1. The van der Waals surface area contributed by atoms with E-state index in [1.807, 2.05) is 0 Å². The first-order valence-electron chi connectivity index (χ1n) is 6.48. The molecule has 3 N–H and O–H groups in total. The third kappa shape index (κ3) is 3.01. The normalized spacial score (nSPS) is 23.6. The minimum Gasteiger partial charge on any atom is -0.507 e. The molecule has 1 aromatic rings. The average Bonchev–Trinajstić information content (AvgIpc) is 2.38. The lowest BCUT2D eigenvalue weighted by molar-refractivity contribution is 0.0941. The lowest BCUT2D eigenvalue weighted by Crippen LogP contribution is -2.47. The molecule has 2 unspecified atom stereocenters. The third-order valence-electron chi connectivity index (χ3n) is 3.56. The molecule has 0 aliphatic carbocycles. The number of aromatic hydroxyl groups is 1. The maximum absolute atomic E-state index is 11.9. The Morgan fingerprint density at radius 3 is 3.00 bits per heavy atom. The second-order valence-electron chi connectivity index (χ2n) is 4.91. The fourth-order valence-corrected chi connectivity index (χ4v) is 2.35. The summed E-state index contributed by atoms with van der Waals surface area (Å²) in [5.41, 5.74) is 0.334. The Morgan fingerprint density at radius 1 is 1.50 bits per heavy atom. The van der Waals surface area contributed by atoms with Gasteiger partial charge in [0.1, 0.15) is 5.75 Å². The molecular weight excluding hydrogens is 228 g/mol. The van der Waals surface area contributed by atoms with Crippen LogP contribution in [0.3, 0.4) is 0 Å². The van der Waals surface area contributed by atoms with Crippen molar-refractivity contribution < 1.29 is 9.90 Å². The number of benzene rings is 1. The SMILES string of the molecule is CC1CCCNC1CNC(=O)c1ccccc1O. The van der Waals surface area contributed by atoms with Crippen LogP contribution in [0, 0.1) is 5.92 Å². The Labute approximate surface area is 107 Å². The summed E-state index contributed by atoms with van der Waals surface area (Å²) < 4.78 is 0. The van der Waals surface area contributed by atoms with Gasteiger partial charge in [-0.05, 0) is 37.4 Å². The second-order valence-corrected chi connectivity index (χ2v) is 4.91. The molecule has 4 heteroatoms. The van der Waals surface area contributed by atoms with Crippen molar-refractivity contribution in [1.29, 1.82) is 0 Å². The monoisotopic (exact) mass is 248 g/mol. The Kier molecular flexibility index (Phi) is 4.20. The minimum atomic E-state index is -0.215. The van der Waals surface area contributed by atoms with Crippen molar-refractivity contribution in [1.82, 2.24) is 10.6 Å². The van der Waals surface area contributed by atoms with E-state index in [0.29, 0.717) is 24.1 Å². The van der Waals surface area contributed by atoms with Crippen molar-refractivity contribution in [3.63, 3.8) is 0 Å². The molecule has 18 heavy (non-hydrogen) atoms. The van der Waals surface area contributed by atoms with Crippen LogP contribution in [-0.4, -0.2) is 30.1 Å². The molecule has 2 rings (SSSR count). The molecule has 1 amide bonds. The molecule has 0 radical (unpaired) electrons. The van der Waals surface area contributed by atoms with Gasteiger partial charge in [0.15, 0.2) is 0 Å². The van der Waals surface area contributed by atoms with Gasteiger partial charge in [0, 0.05) is 12.6 Å². The van der Waals surface area contributed by atoms with Crippen molar-refractivity contribution >= 4 is 5.91 Å². The smallest absolute Gasteiger partial charge is 0.255 e. The molecule has 1 aliphatic heterocycles. The number of carbonyl (C=O) groups is 1. The molecule has 0 saturated carbocycles. The van der Waals surface area contributed by atoms with Gasteiger partial charge in [-0.2, -0.15) is 0 Å². The lowest BCUT2D eigenvalue weighted by Gasteiger charge is -2.30. The van der Waals surface area contributed by atoms with Crippen LogP contribution in [0.2, 0.25) is 0 Å². The number of para-hydroxylation sites is 1. The molecule has 98 valence electrons. The zero-order valence-electron chi connectivity index (χ0n) is 10.6. The summed E-state index contributed by atoms with van der Waals surface area (Å²) in [6.45, 7) is 3.82. The summed E-state index contributed by atoms with van der Waals surface area (Å²) in [5.74, 6) is 0.385. The zero-order valence-corrected chi connectivity index (χ0v) is 10.6. The molecule has 1 heterocycles. The number of rotatable bonds is 3. The molecule has 1 aromatic carbocycles. The Hall–Kier alpha value is -1.55. The quantitative estimate of drug-likeness (QED) is 0.760. The standard InChI is InChI=1S/C14H20N2O2/c1-10-5-4-8-15-12(10)9-16-14(18)11-6-2-3-7-13(11)17/h2-3,6-7,10,12,15,17H,4-5,8-9H2,1H3,(H,16,18). The van der Waals surface area contributed by atoms with Gasteiger partial charge in [-0.1, -0.05) is 19.1 Å². The largest absolute Gasteiger partial charge is 0.507 e. The Balaban J connectivity index is 1.90. The highest BCUT2D eigenvalue weighted by Crippen LogP contribution is 2.17. The maximum Gasteiger partial charge on any atom is 0.255 e. The second kappa shape index (κ2) is 5.87. The highest BCUT2D eigenvalue weighted by atomic mass is 16.3. The summed E-state index contributed by atoms with van der Waals surface area (Å²) in [6, 6.07) is 6.93. The van der Waals surface area contributed by atoms with Gasteiger partial charge in [-0.3, -0.25) is 4.79 Å². The van der Waals surface area contributed by atoms with Crippen LogP contribution >= 0.6 is 0 Å². The third-order valence-corrected chi connectivity index (χ3v) is 3.56. The maximum atomic E-state index is 11.9. The number of piperidine rings is 1. The first kappa shape index (κ1) is 12.9. The van der Waals surface area contributed by atoms with Gasteiger partial charge in [-0.15, -0.1) is 0 Å². The zero-order chi connectivity index (χ0) is 13.0. The average molecular weight is 248 g/mol. The summed E-state index contributed by atoms with van der Waals surface area (Å²) in [7, 11) is 0. The predicted octanol–water partition coefficient (Wildman–Crippen LogP) is 1.51. The van der Waals surface area contributed by atoms with Crippen LogP contribution in [0.4, 0.5) is 0 Å². The van der Waals surface area contributed by atoms with E-state index in [9.17, 15) is 9.90 Å². The van der Waals surface area contributed by atoms with Crippen molar-refractivity contribution in [2.45, 2.75) is 25.8 Å². The number of carbonyl (C=O) groups excluding carboxylic acids is 1. The topological polar surface area (TPSA) is 61.4 Å².